The van der Waals surface area contributed by atoms with Gasteiger partial charge in [-0.1, -0.05) is 0 Å². The maximum absolute atomic E-state index is 12.1. The lowest BCUT2D eigenvalue weighted by atomic mass is 10.1. The zero-order valence-electron chi connectivity index (χ0n) is 13.5. The van der Waals surface area contributed by atoms with Gasteiger partial charge in [0.05, 0.1) is 0 Å². The maximum atomic E-state index is 12.1. The number of rotatable bonds is 3. The maximum Gasteiger partial charge on any atom is 0.410 e. The zero-order valence-corrected chi connectivity index (χ0v) is 15.9. The van der Waals surface area contributed by atoms with E-state index >= 15 is 0 Å². The summed E-state index contributed by atoms with van der Waals surface area (Å²) in [5, 5.41) is 5.71. The molecule has 1 unspecified atom stereocenters. The Labute approximate surface area is 145 Å². The topological polar surface area (TPSA) is 41.6 Å². The van der Waals surface area contributed by atoms with Crippen LogP contribution in [0.3, 0.4) is 0 Å². The van der Waals surface area contributed by atoms with Gasteiger partial charge in [0.25, 0.3) is 0 Å². The third-order valence-corrected chi connectivity index (χ3v) is 5.55. The summed E-state index contributed by atoms with van der Waals surface area (Å²) in [6.07, 6.45) is 2.90. The number of carbonyl (C=O) groups is 1. The van der Waals surface area contributed by atoms with E-state index < -0.39 is 5.60 Å². The van der Waals surface area contributed by atoms with Crippen LogP contribution in [0.15, 0.2) is 15.9 Å². The van der Waals surface area contributed by atoms with Gasteiger partial charge in [-0.25, -0.2) is 4.79 Å². The molecule has 1 saturated heterocycles. The van der Waals surface area contributed by atoms with Crippen LogP contribution in [0.4, 0.5) is 4.79 Å². The van der Waals surface area contributed by atoms with Crippen molar-refractivity contribution in [3.8, 4) is 0 Å². The van der Waals surface area contributed by atoms with Crippen molar-refractivity contribution in [1.29, 1.82) is 0 Å². The Bertz CT molecular complexity index is 499. The number of halogens is 1. The lowest BCUT2D eigenvalue weighted by Gasteiger charge is -2.26. The summed E-state index contributed by atoms with van der Waals surface area (Å²) in [7, 11) is 0. The van der Waals surface area contributed by atoms with Crippen LogP contribution in [0.25, 0.3) is 0 Å². The van der Waals surface area contributed by atoms with E-state index in [0.717, 1.165) is 38.9 Å². The third-order valence-electron chi connectivity index (χ3n) is 3.62. The van der Waals surface area contributed by atoms with Crippen LogP contribution < -0.4 is 5.32 Å². The molecule has 1 fully saturated rings. The van der Waals surface area contributed by atoms with Crippen molar-refractivity contribution in [2.75, 3.05) is 13.1 Å². The SMILES string of the molecule is CC(C)(C)OC(=O)N1CCCC(NCc2sccc2Br)CC1. The zero-order chi connectivity index (χ0) is 16.2. The normalized spacial score (nSPS) is 19.8. The fourth-order valence-corrected chi connectivity index (χ4v) is 3.94. The molecule has 1 atom stereocenters. The first kappa shape index (κ1) is 17.8. The number of amides is 1. The predicted molar refractivity (Wildman–Crippen MR) is 94.3 cm³/mol. The minimum atomic E-state index is -0.424. The highest BCUT2D eigenvalue weighted by Gasteiger charge is 2.25. The van der Waals surface area contributed by atoms with Gasteiger partial charge in [0.15, 0.2) is 0 Å². The largest absolute Gasteiger partial charge is 0.444 e. The lowest BCUT2D eigenvalue weighted by molar-refractivity contribution is 0.0256. The van der Waals surface area contributed by atoms with Crippen molar-refractivity contribution in [1.82, 2.24) is 10.2 Å². The second kappa shape index (κ2) is 7.79. The molecule has 6 heteroatoms. The molecule has 1 aliphatic heterocycles. The van der Waals surface area contributed by atoms with Crippen LogP contribution in [0, 0.1) is 0 Å². The molecule has 0 aliphatic carbocycles. The number of hydrogen-bond donors (Lipinski definition) is 1. The minimum absolute atomic E-state index is 0.186. The standard InChI is InChI=1S/C16H25BrN2O2S/c1-16(2,3)21-15(20)19-8-4-5-12(6-9-19)18-11-14-13(17)7-10-22-14/h7,10,12,18H,4-6,8-9,11H2,1-3H3. The first-order chi connectivity index (χ1) is 10.3. The summed E-state index contributed by atoms with van der Waals surface area (Å²) in [6.45, 7) is 8.16. The summed E-state index contributed by atoms with van der Waals surface area (Å²) in [6, 6.07) is 2.54. The summed E-state index contributed by atoms with van der Waals surface area (Å²) in [5.41, 5.74) is -0.424. The molecule has 124 valence electrons. The first-order valence-corrected chi connectivity index (χ1v) is 9.45. The highest BCUT2D eigenvalue weighted by atomic mass is 79.9. The van der Waals surface area contributed by atoms with Crippen molar-refractivity contribution < 1.29 is 9.53 Å². The summed E-state index contributed by atoms with van der Waals surface area (Å²) < 4.78 is 6.64. The Kier molecular flexibility index (Phi) is 6.29. The molecule has 0 saturated carbocycles. The molecule has 0 radical (unpaired) electrons. The van der Waals surface area contributed by atoms with E-state index in [1.54, 1.807) is 11.3 Å². The molecule has 1 aromatic heterocycles. The number of carbonyl (C=O) groups excluding carboxylic acids is 1. The third kappa shape index (κ3) is 5.56. The van der Waals surface area contributed by atoms with E-state index in [4.69, 9.17) is 4.74 Å². The van der Waals surface area contributed by atoms with Crippen LogP contribution in [-0.2, 0) is 11.3 Å². The molecule has 1 aromatic rings. The number of hydrogen-bond acceptors (Lipinski definition) is 4. The molecular formula is C16H25BrN2O2S. The van der Waals surface area contributed by atoms with Crippen LogP contribution >= 0.6 is 27.3 Å². The van der Waals surface area contributed by atoms with Crippen molar-refractivity contribution in [2.45, 2.75) is 58.2 Å². The lowest BCUT2D eigenvalue weighted by Crippen LogP contribution is -2.38. The van der Waals surface area contributed by atoms with Gasteiger partial charge >= 0.3 is 6.09 Å². The van der Waals surface area contributed by atoms with E-state index in [-0.39, 0.29) is 6.09 Å². The van der Waals surface area contributed by atoms with E-state index in [1.165, 1.54) is 9.35 Å². The number of thiophene rings is 1. The van der Waals surface area contributed by atoms with Gasteiger partial charge in [0.1, 0.15) is 5.60 Å². The molecule has 1 N–H and O–H groups in total. The summed E-state index contributed by atoms with van der Waals surface area (Å²) >= 11 is 5.33. The molecule has 2 heterocycles. The second-order valence-corrected chi connectivity index (χ2v) is 8.52. The van der Waals surface area contributed by atoms with E-state index in [0.29, 0.717) is 6.04 Å². The molecule has 4 nitrogen and oxygen atoms in total. The summed E-state index contributed by atoms with van der Waals surface area (Å²) in [5.74, 6) is 0. The van der Waals surface area contributed by atoms with Gasteiger partial charge in [0, 0.05) is 35.0 Å². The second-order valence-electron chi connectivity index (χ2n) is 6.67. The van der Waals surface area contributed by atoms with Crippen molar-refractivity contribution in [2.24, 2.45) is 0 Å². The minimum Gasteiger partial charge on any atom is -0.444 e. The highest BCUT2D eigenvalue weighted by molar-refractivity contribution is 9.10. The number of nitrogens with one attached hydrogen (secondary N) is 1. The first-order valence-electron chi connectivity index (χ1n) is 7.78. The number of nitrogens with zero attached hydrogens (tertiary/aromatic N) is 1. The Morgan fingerprint density at radius 1 is 1.45 bits per heavy atom. The predicted octanol–water partition coefficient (Wildman–Crippen LogP) is 4.39. The molecule has 0 bridgehead atoms. The Morgan fingerprint density at radius 2 is 2.23 bits per heavy atom. The van der Waals surface area contributed by atoms with Gasteiger partial charge in [0.2, 0.25) is 0 Å². The van der Waals surface area contributed by atoms with E-state index in [9.17, 15) is 4.79 Å². The Morgan fingerprint density at radius 3 is 2.86 bits per heavy atom. The smallest absolute Gasteiger partial charge is 0.410 e. The monoisotopic (exact) mass is 388 g/mol. The van der Waals surface area contributed by atoms with Crippen molar-refractivity contribution in [3.05, 3.63) is 20.8 Å². The quantitative estimate of drug-likeness (QED) is 0.834. The average Bonchev–Trinajstić information content (AvgIpc) is 2.69. The van der Waals surface area contributed by atoms with Gasteiger partial charge in [-0.15, -0.1) is 11.3 Å². The van der Waals surface area contributed by atoms with E-state index in [2.05, 4.69) is 32.7 Å². The number of likely N-dealkylation sites (tertiary alicyclic amines) is 1. The molecule has 1 aliphatic rings. The average molecular weight is 389 g/mol. The van der Waals surface area contributed by atoms with Gasteiger partial charge in [-0.2, -0.15) is 0 Å². The van der Waals surface area contributed by atoms with Gasteiger partial charge in [-0.05, 0) is 67.4 Å². The fourth-order valence-electron chi connectivity index (χ4n) is 2.50. The molecule has 22 heavy (non-hydrogen) atoms. The van der Waals surface area contributed by atoms with Gasteiger partial charge < -0.3 is 15.0 Å². The van der Waals surface area contributed by atoms with E-state index in [1.807, 2.05) is 25.7 Å². The molecule has 1 amide bonds. The van der Waals surface area contributed by atoms with Crippen molar-refractivity contribution >= 4 is 33.4 Å². The van der Waals surface area contributed by atoms with Crippen LogP contribution in [-0.4, -0.2) is 35.7 Å². The Hall–Kier alpha value is -0.590. The van der Waals surface area contributed by atoms with Crippen LogP contribution in [0.1, 0.15) is 44.9 Å². The summed E-state index contributed by atoms with van der Waals surface area (Å²) in [4.78, 5) is 15.3. The van der Waals surface area contributed by atoms with Crippen LogP contribution in [0.5, 0.6) is 0 Å². The highest BCUT2D eigenvalue weighted by Crippen LogP contribution is 2.23. The fraction of sp³-hybridized carbons (Fsp3) is 0.688. The molecular weight excluding hydrogens is 364 g/mol. The molecule has 0 spiro atoms. The van der Waals surface area contributed by atoms with Crippen molar-refractivity contribution in [3.63, 3.8) is 0 Å². The molecule has 2 rings (SSSR count). The number of ether oxygens (including phenoxy) is 1. The molecule has 0 aromatic carbocycles. The Balaban J connectivity index is 1.80. The van der Waals surface area contributed by atoms with Gasteiger partial charge in [-0.3, -0.25) is 0 Å². The van der Waals surface area contributed by atoms with Crippen LogP contribution in [0.2, 0.25) is 0 Å².